The van der Waals surface area contributed by atoms with Crippen LogP contribution in [-0.2, 0) is 6.61 Å². The summed E-state index contributed by atoms with van der Waals surface area (Å²) in [5.74, 6) is 0.0367. The summed E-state index contributed by atoms with van der Waals surface area (Å²) in [6, 6.07) is 10.1. The number of aromatic nitrogens is 2. The molecule has 0 bridgehead atoms. The molecule has 0 aliphatic rings. The number of aliphatic hydroxyl groups is 1. The molecule has 2 aromatic carbocycles. The van der Waals surface area contributed by atoms with E-state index >= 15 is 0 Å². The fourth-order valence-electron chi connectivity index (χ4n) is 2.41. The lowest BCUT2D eigenvalue weighted by Crippen LogP contribution is -2.05. The molecule has 0 atom stereocenters. The minimum atomic E-state index is -0.351. The van der Waals surface area contributed by atoms with E-state index in [1.165, 1.54) is 6.07 Å². The number of nitrogens with zero attached hydrogens (tertiary/aromatic N) is 2. The number of hydrogen-bond acceptors (Lipinski definition) is 3. The van der Waals surface area contributed by atoms with Gasteiger partial charge in [-0.25, -0.2) is 9.37 Å². The molecule has 0 unspecified atom stereocenters. The number of benzene rings is 2. The highest BCUT2D eigenvalue weighted by atomic mass is 19.1. The monoisotopic (exact) mass is 271 g/mol. The molecule has 5 heteroatoms. The van der Waals surface area contributed by atoms with E-state index in [1.807, 2.05) is 13.0 Å². The Kier molecular flexibility index (Phi) is 2.91. The second kappa shape index (κ2) is 4.61. The number of anilines is 1. The molecular weight excluding hydrogens is 257 g/mol. The summed E-state index contributed by atoms with van der Waals surface area (Å²) < 4.78 is 15.8. The van der Waals surface area contributed by atoms with Gasteiger partial charge in [-0.3, -0.25) is 4.57 Å². The van der Waals surface area contributed by atoms with Crippen molar-refractivity contribution < 1.29 is 9.50 Å². The molecule has 0 radical (unpaired) electrons. The lowest BCUT2D eigenvalue weighted by Gasteiger charge is -2.12. The number of hydrogen-bond donors (Lipinski definition) is 2. The first-order valence-electron chi connectivity index (χ1n) is 6.25. The Morgan fingerprint density at radius 1 is 1.30 bits per heavy atom. The maximum Gasteiger partial charge on any atom is 0.147 e. The van der Waals surface area contributed by atoms with Crippen molar-refractivity contribution in [1.82, 2.24) is 9.55 Å². The number of nitrogen functional groups attached to an aromatic ring is 1. The minimum absolute atomic E-state index is 0.275. The predicted molar refractivity (Wildman–Crippen MR) is 76.1 cm³/mol. The van der Waals surface area contributed by atoms with Gasteiger partial charge >= 0.3 is 0 Å². The number of rotatable bonds is 2. The Morgan fingerprint density at radius 3 is 2.80 bits per heavy atom. The van der Waals surface area contributed by atoms with Gasteiger partial charge in [-0.2, -0.15) is 0 Å². The Balaban J connectivity index is 2.40. The molecule has 0 aliphatic carbocycles. The number of fused-ring (bicyclic) bond motifs is 1. The van der Waals surface area contributed by atoms with Crippen molar-refractivity contribution >= 4 is 16.7 Å². The van der Waals surface area contributed by atoms with E-state index in [-0.39, 0.29) is 12.4 Å². The fraction of sp³-hybridized carbons (Fsp3) is 0.133. The molecule has 0 saturated carbocycles. The van der Waals surface area contributed by atoms with Crippen LogP contribution in [0.25, 0.3) is 16.7 Å². The smallest absolute Gasteiger partial charge is 0.147 e. The number of imidazole rings is 1. The number of aliphatic hydroxyl groups excluding tert-OH is 1. The van der Waals surface area contributed by atoms with Crippen LogP contribution in [0.3, 0.4) is 0 Å². The molecule has 0 aliphatic heterocycles. The average molecular weight is 271 g/mol. The van der Waals surface area contributed by atoms with E-state index in [2.05, 4.69) is 4.98 Å². The van der Waals surface area contributed by atoms with Crippen molar-refractivity contribution in [2.45, 2.75) is 13.5 Å². The van der Waals surface area contributed by atoms with Gasteiger partial charge in [-0.1, -0.05) is 12.1 Å². The zero-order chi connectivity index (χ0) is 14.3. The second-order valence-corrected chi connectivity index (χ2v) is 4.68. The van der Waals surface area contributed by atoms with Crippen molar-refractivity contribution in [1.29, 1.82) is 0 Å². The third-order valence-electron chi connectivity index (χ3n) is 3.30. The zero-order valence-electron chi connectivity index (χ0n) is 11.0. The second-order valence-electron chi connectivity index (χ2n) is 4.68. The molecule has 20 heavy (non-hydrogen) atoms. The summed E-state index contributed by atoms with van der Waals surface area (Å²) >= 11 is 0. The fourth-order valence-corrected chi connectivity index (χ4v) is 2.41. The summed E-state index contributed by atoms with van der Waals surface area (Å²) in [5, 5.41) is 9.49. The number of para-hydroxylation sites is 1. The quantitative estimate of drug-likeness (QED) is 0.704. The van der Waals surface area contributed by atoms with Gasteiger partial charge in [0, 0.05) is 5.69 Å². The third kappa shape index (κ3) is 1.83. The first-order valence-corrected chi connectivity index (χ1v) is 6.25. The molecule has 0 spiro atoms. The Labute approximate surface area is 115 Å². The van der Waals surface area contributed by atoms with Crippen LogP contribution in [-0.4, -0.2) is 14.7 Å². The van der Waals surface area contributed by atoms with E-state index in [1.54, 1.807) is 28.8 Å². The molecule has 0 saturated heterocycles. The SMILES string of the molecule is Cc1cccc(F)c1-n1c(CO)nc2cc(N)ccc21. The summed E-state index contributed by atoms with van der Waals surface area (Å²) in [4.78, 5) is 4.32. The number of aryl methyl sites for hydroxylation is 1. The van der Waals surface area contributed by atoms with E-state index in [0.717, 1.165) is 11.1 Å². The largest absolute Gasteiger partial charge is 0.399 e. The first kappa shape index (κ1) is 12.6. The van der Waals surface area contributed by atoms with Crippen LogP contribution in [0.1, 0.15) is 11.4 Å². The number of halogens is 1. The van der Waals surface area contributed by atoms with Crippen LogP contribution >= 0.6 is 0 Å². The molecule has 3 aromatic rings. The third-order valence-corrected chi connectivity index (χ3v) is 3.30. The maximum absolute atomic E-state index is 14.2. The van der Waals surface area contributed by atoms with Crippen LogP contribution < -0.4 is 5.73 Å². The normalized spacial score (nSPS) is 11.2. The van der Waals surface area contributed by atoms with Crippen LogP contribution in [0.5, 0.6) is 0 Å². The predicted octanol–water partition coefficient (Wildman–Crippen LogP) is 2.55. The Hall–Kier alpha value is -2.40. The van der Waals surface area contributed by atoms with Crippen LogP contribution in [0.2, 0.25) is 0 Å². The van der Waals surface area contributed by atoms with Gasteiger partial charge in [-0.15, -0.1) is 0 Å². The highest BCUT2D eigenvalue weighted by molar-refractivity contribution is 5.81. The van der Waals surface area contributed by atoms with E-state index in [0.29, 0.717) is 22.7 Å². The van der Waals surface area contributed by atoms with Gasteiger partial charge < -0.3 is 10.8 Å². The van der Waals surface area contributed by atoms with Gasteiger partial charge in [-0.05, 0) is 36.8 Å². The summed E-state index contributed by atoms with van der Waals surface area (Å²) in [7, 11) is 0. The molecule has 1 heterocycles. The summed E-state index contributed by atoms with van der Waals surface area (Å²) in [6.07, 6.45) is 0. The van der Waals surface area contributed by atoms with Gasteiger partial charge in [0.2, 0.25) is 0 Å². The van der Waals surface area contributed by atoms with E-state index in [4.69, 9.17) is 5.73 Å². The molecule has 3 N–H and O–H groups in total. The lowest BCUT2D eigenvalue weighted by atomic mass is 10.2. The van der Waals surface area contributed by atoms with Crippen molar-refractivity contribution in [3.05, 3.63) is 53.6 Å². The molecule has 102 valence electrons. The van der Waals surface area contributed by atoms with Crippen LogP contribution in [0, 0.1) is 12.7 Å². The first-order chi connectivity index (χ1) is 9.61. The highest BCUT2D eigenvalue weighted by Gasteiger charge is 2.16. The van der Waals surface area contributed by atoms with Crippen molar-refractivity contribution in [2.24, 2.45) is 0 Å². The lowest BCUT2D eigenvalue weighted by molar-refractivity contribution is 0.270. The molecule has 0 fully saturated rings. The van der Waals surface area contributed by atoms with Gasteiger partial charge in [0.05, 0.1) is 16.7 Å². The van der Waals surface area contributed by atoms with Crippen molar-refractivity contribution in [2.75, 3.05) is 5.73 Å². The van der Waals surface area contributed by atoms with Gasteiger partial charge in [0.1, 0.15) is 18.2 Å². The Bertz CT molecular complexity index is 775. The average Bonchev–Trinajstić information content (AvgIpc) is 2.76. The topological polar surface area (TPSA) is 64.1 Å². The molecule has 3 rings (SSSR count). The molecule has 1 aromatic heterocycles. The standard InChI is InChI=1S/C15H14FN3O/c1-9-3-2-4-11(16)15(9)19-13-6-5-10(17)7-12(13)18-14(19)8-20/h2-7,20H,8,17H2,1H3. The van der Waals surface area contributed by atoms with Crippen LogP contribution in [0.15, 0.2) is 36.4 Å². The van der Waals surface area contributed by atoms with E-state index < -0.39 is 0 Å². The van der Waals surface area contributed by atoms with Gasteiger partial charge in [0.25, 0.3) is 0 Å². The molecule has 0 amide bonds. The Morgan fingerprint density at radius 2 is 2.10 bits per heavy atom. The highest BCUT2D eigenvalue weighted by Crippen LogP contribution is 2.27. The summed E-state index contributed by atoms with van der Waals surface area (Å²) in [6.45, 7) is 1.55. The molecular formula is C15H14FN3O. The zero-order valence-corrected chi connectivity index (χ0v) is 11.0. The van der Waals surface area contributed by atoms with Crippen molar-refractivity contribution in [3.8, 4) is 5.69 Å². The molecule has 4 nitrogen and oxygen atoms in total. The number of nitrogens with two attached hydrogens (primary N) is 1. The van der Waals surface area contributed by atoms with Crippen molar-refractivity contribution in [3.63, 3.8) is 0 Å². The van der Waals surface area contributed by atoms with Crippen LogP contribution in [0.4, 0.5) is 10.1 Å². The summed E-state index contributed by atoms with van der Waals surface area (Å²) in [5.41, 5.74) is 8.85. The van der Waals surface area contributed by atoms with Gasteiger partial charge in [0.15, 0.2) is 0 Å². The minimum Gasteiger partial charge on any atom is -0.399 e. The van der Waals surface area contributed by atoms with E-state index in [9.17, 15) is 9.50 Å². The maximum atomic E-state index is 14.2.